The van der Waals surface area contributed by atoms with Gasteiger partial charge in [0.05, 0.1) is 12.7 Å². The van der Waals surface area contributed by atoms with Crippen LogP contribution in [0, 0.1) is 0 Å². The molecular formula is C16H22O3. The summed E-state index contributed by atoms with van der Waals surface area (Å²) in [6, 6.07) is 6.90. The summed E-state index contributed by atoms with van der Waals surface area (Å²) in [5.41, 5.74) is 0.531. The van der Waals surface area contributed by atoms with Gasteiger partial charge < -0.3 is 9.47 Å². The van der Waals surface area contributed by atoms with Gasteiger partial charge in [-0.3, -0.25) is 0 Å². The van der Waals surface area contributed by atoms with Gasteiger partial charge in [-0.2, -0.15) is 0 Å². The van der Waals surface area contributed by atoms with Gasteiger partial charge in [-0.25, -0.2) is 4.79 Å². The third-order valence-electron chi connectivity index (χ3n) is 2.94. The van der Waals surface area contributed by atoms with Gasteiger partial charge >= 0.3 is 5.97 Å². The molecule has 1 aromatic carbocycles. The van der Waals surface area contributed by atoms with Crippen molar-refractivity contribution in [2.45, 2.75) is 38.7 Å². The van der Waals surface area contributed by atoms with E-state index in [1.165, 1.54) is 0 Å². The Morgan fingerprint density at radius 2 is 2.00 bits per heavy atom. The molecule has 0 aliphatic rings. The molecule has 0 unspecified atom stereocenters. The predicted molar refractivity (Wildman–Crippen MR) is 76.5 cm³/mol. The number of rotatable bonds is 8. The Labute approximate surface area is 115 Å². The van der Waals surface area contributed by atoms with Crippen LogP contribution in [0.4, 0.5) is 0 Å². The Bertz CT molecular complexity index is 395. The molecule has 0 amide bonds. The molecule has 0 N–H and O–H groups in total. The average Bonchev–Trinajstić information content (AvgIpc) is 2.46. The van der Waals surface area contributed by atoms with Crippen molar-refractivity contribution < 1.29 is 14.3 Å². The van der Waals surface area contributed by atoms with E-state index in [-0.39, 0.29) is 12.1 Å². The second-order valence-electron chi connectivity index (χ2n) is 4.40. The standard InChI is InChI=1S/C16H22O3/c1-4-6-7-8-14(5-2)19-16(17)13-9-11-15(18-3)12-10-13/h5,9-12,14H,2,4,6-8H2,1,3H3/t14-/m1/s1. The van der Waals surface area contributed by atoms with Crippen LogP contribution in [0.1, 0.15) is 43.0 Å². The minimum Gasteiger partial charge on any atom is -0.497 e. The average molecular weight is 262 g/mol. The van der Waals surface area contributed by atoms with E-state index in [4.69, 9.17) is 9.47 Å². The van der Waals surface area contributed by atoms with Gasteiger partial charge in [-0.1, -0.05) is 32.4 Å². The molecule has 1 aromatic rings. The van der Waals surface area contributed by atoms with Crippen LogP contribution in [-0.2, 0) is 4.74 Å². The lowest BCUT2D eigenvalue weighted by atomic mass is 10.1. The first-order valence-corrected chi connectivity index (χ1v) is 6.68. The fraction of sp³-hybridized carbons (Fsp3) is 0.438. The highest BCUT2D eigenvalue weighted by atomic mass is 16.5. The molecule has 19 heavy (non-hydrogen) atoms. The maximum absolute atomic E-state index is 11.9. The Morgan fingerprint density at radius 1 is 1.32 bits per heavy atom. The summed E-state index contributed by atoms with van der Waals surface area (Å²) in [6.45, 7) is 5.86. The van der Waals surface area contributed by atoms with Crippen molar-refractivity contribution in [1.29, 1.82) is 0 Å². The third-order valence-corrected chi connectivity index (χ3v) is 2.94. The van der Waals surface area contributed by atoms with E-state index in [0.29, 0.717) is 5.56 Å². The summed E-state index contributed by atoms with van der Waals surface area (Å²) in [5, 5.41) is 0. The minimum absolute atomic E-state index is 0.207. The molecule has 1 atom stereocenters. The Kier molecular flexibility index (Phi) is 6.72. The number of methoxy groups -OCH3 is 1. The Hall–Kier alpha value is -1.77. The predicted octanol–water partition coefficient (Wildman–Crippen LogP) is 3.99. The fourth-order valence-corrected chi connectivity index (χ4v) is 1.75. The quantitative estimate of drug-likeness (QED) is 0.404. The third kappa shape index (κ3) is 5.16. The van der Waals surface area contributed by atoms with E-state index < -0.39 is 0 Å². The van der Waals surface area contributed by atoms with Gasteiger partial charge in [0.25, 0.3) is 0 Å². The largest absolute Gasteiger partial charge is 0.497 e. The lowest BCUT2D eigenvalue weighted by molar-refractivity contribution is 0.0377. The number of ether oxygens (including phenoxy) is 2. The molecule has 0 radical (unpaired) electrons. The number of carbonyl (C=O) groups is 1. The van der Waals surface area contributed by atoms with E-state index in [1.54, 1.807) is 37.5 Å². The normalized spacial score (nSPS) is 11.7. The van der Waals surface area contributed by atoms with E-state index >= 15 is 0 Å². The van der Waals surface area contributed by atoms with Crippen LogP contribution in [0.5, 0.6) is 5.75 Å². The minimum atomic E-state index is -0.316. The van der Waals surface area contributed by atoms with Crippen molar-refractivity contribution in [2.24, 2.45) is 0 Å². The Morgan fingerprint density at radius 3 is 2.53 bits per heavy atom. The summed E-state index contributed by atoms with van der Waals surface area (Å²) in [6.07, 6.45) is 5.65. The maximum Gasteiger partial charge on any atom is 0.338 e. The van der Waals surface area contributed by atoms with Gasteiger partial charge in [0, 0.05) is 0 Å². The summed E-state index contributed by atoms with van der Waals surface area (Å²) >= 11 is 0. The van der Waals surface area contributed by atoms with Crippen molar-refractivity contribution in [3.8, 4) is 5.75 Å². The van der Waals surface area contributed by atoms with Crippen LogP contribution < -0.4 is 4.74 Å². The van der Waals surface area contributed by atoms with Gasteiger partial charge in [0.1, 0.15) is 11.9 Å². The topological polar surface area (TPSA) is 35.5 Å². The summed E-state index contributed by atoms with van der Waals surface area (Å²) in [5.74, 6) is 0.406. The van der Waals surface area contributed by atoms with Crippen molar-refractivity contribution in [3.63, 3.8) is 0 Å². The fourth-order valence-electron chi connectivity index (χ4n) is 1.75. The van der Waals surface area contributed by atoms with Crippen LogP contribution in [0.25, 0.3) is 0 Å². The van der Waals surface area contributed by atoms with Crippen molar-refractivity contribution in [2.75, 3.05) is 7.11 Å². The molecule has 0 fully saturated rings. The van der Waals surface area contributed by atoms with Crippen LogP contribution in [0.15, 0.2) is 36.9 Å². The summed E-state index contributed by atoms with van der Waals surface area (Å²) in [7, 11) is 1.59. The number of unbranched alkanes of at least 4 members (excludes halogenated alkanes) is 2. The maximum atomic E-state index is 11.9. The van der Waals surface area contributed by atoms with Crippen molar-refractivity contribution in [1.82, 2.24) is 0 Å². The van der Waals surface area contributed by atoms with Crippen LogP contribution >= 0.6 is 0 Å². The number of hydrogen-bond acceptors (Lipinski definition) is 3. The van der Waals surface area contributed by atoms with E-state index in [9.17, 15) is 4.79 Å². The molecule has 104 valence electrons. The second kappa shape index (κ2) is 8.35. The van der Waals surface area contributed by atoms with E-state index in [2.05, 4.69) is 13.5 Å². The molecule has 3 heteroatoms. The van der Waals surface area contributed by atoms with Crippen LogP contribution in [-0.4, -0.2) is 19.2 Å². The molecule has 3 nitrogen and oxygen atoms in total. The monoisotopic (exact) mass is 262 g/mol. The highest BCUT2D eigenvalue weighted by molar-refractivity contribution is 5.89. The number of carbonyl (C=O) groups excluding carboxylic acids is 1. The molecule has 0 saturated heterocycles. The number of hydrogen-bond donors (Lipinski definition) is 0. The highest BCUT2D eigenvalue weighted by Gasteiger charge is 2.12. The van der Waals surface area contributed by atoms with Crippen LogP contribution in [0.2, 0.25) is 0 Å². The summed E-state index contributed by atoms with van der Waals surface area (Å²) in [4.78, 5) is 11.9. The van der Waals surface area contributed by atoms with Gasteiger partial charge in [-0.05, 0) is 37.1 Å². The zero-order valence-electron chi connectivity index (χ0n) is 11.7. The molecule has 0 bridgehead atoms. The SMILES string of the molecule is C=C[C@H](CCCCC)OC(=O)c1ccc(OC)cc1. The lowest BCUT2D eigenvalue weighted by Gasteiger charge is -2.14. The van der Waals surface area contributed by atoms with Crippen molar-refractivity contribution in [3.05, 3.63) is 42.5 Å². The highest BCUT2D eigenvalue weighted by Crippen LogP contribution is 2.14. The zero-order chi connectivity index (χ0) is 14.1. The zero-order valence-corrected chi connectivity index (χ0v) is 11.7. The summed E-state index contributed by atoms with van der Waals surface area (Å²) < 4.78 is 10.5. The van der Waals surface area contributed by atoms with Gasteiger partial charge in [-0.15, -0.1) is 0 Å². The van der Waals surface area contributed by atoms with Gasteiger partial charge in [0.15, 0.2) is 0 Å². The van der Waals surface area contributed by atoms with Crippen LogP contribution in [0.3, 0.4) is 0 Å². The lowest BCUT2D eigenvalue weighted by Crippen LogP contribution is -2.16. The van der Waals surface area contributed by atoms with E-state index in [0.717, 1.165) is 31.4 Å². The Balaban J connectivity index is 2.53. The molecule has 0 aromatic heterocycles. The number of benzene rings is 1. The molecule has 0 spiro atoms. The molecular weight excluding hydrogens is 240 g/mol. The first kappa shape index (κ1) is 15.3. The smallest absolute Gasteiger partial charge is 0.338 e. The number of esters is 1. The first-order valence-electron chi connectivity index (χ1n) is 6.68. The van der Waals surface area contributed by atoms with Gasteiger partial charge in [0.2, 0.25) is 0 Å². The molecule has 0 aliphatic carbocycles. The molecule has 0 heterocycles. The van der Waals surface area contributed by atoms with Crippen molar-refractivity contribution >= 4 is 5.97 Å². The molecule has 0 aliphatic heterocycles. The van der Waals surface area contributed by atoms with E-state index in [1.807, 2.05) is 0 Å². The molecule has 0 saturated carbocycles. The first-order chi connectivity index (χ1) is 9.21. The second-order valence-corrected chi connectivity index (χ2v) is 4.40. The molecule has 1 rings (SSSR count).